The van der Waals surface area contributed by atoms with Crippen LogP contribution in [0.1, 0.15) is 374 Å². The lowest BCUT2D eigenvalue weighted by atomic mass is 10.0. The van der Waals surface area contributed by atoms with Gasteiger partial charge in [-0.05, 0) is 76.7 Å². The molecular weight excluding hydrogens is 1130 g/mol. The van der Waals surface area contributed by atoms with E-state index >= 15 is 0 Å². The van der Waals surface area contributed by atoms with Crippen molar-refractivity contribution < 1.29 is 37.3 Å². The molecule has 0 aliphatic rings. The van der Waals surface area contributed by atoms with Crippen molar-refractivity contribution in [3.8, 4) is 0 Å². The molecule has 0 aromatic carbocycles. The molecule has 0 saturated carbocycles. The van der Waals surface area contributed by atoms with E-state index in [1.165, 1.54) is 244 Å². The van der Waals surface area contributed by atoms with Gasteiger partial charge < -0.3 is 28.5 Å². The van der Waals surface area contributed by atoms with Crippen LogP contribution in [0.5, 0.6) is 0 Å². The molecule has 0 aromatic heterocycles. The summed E-state index contributed by atoms with van der Waals surface area (Å²) in [6.07, 6.45) is 91.9. The number of phosphoric ester groups is 1. The van der Waals surface area contributed by atoms with Crippen LogP contribution in [0.3, 0.4) is 0 Å². The molecule has 1 amide bonds. The fourth-order valence-corrected chi connectivity index (χ4v) is 12.2. The number of quaternary nitrogens is 1. The summed E-state index contributed by atoms with van der Waals surface area (Å²) in [4.78, 5) is 40.3. The molecule has 0 aromatic rings. The summed E-state index contributed by atoms with van der Waals surface area (Å²) >= 11 is 0. The summed E-state index contributed by atoms with van der Waals surface area (Å²) in [6, 6.07) is -0.892. The molecule has 3 unspecified atom stereocenters. The third kappa shape index (κ3) is 69.8. The Balaban J connectivity index is 4.95. The highest BCUT2D eigenvalue weighted by molar-refractivity contribution is 7.45. The third-order valence-electron chi connectivity index (χ3n) is 17.4. The highest BCUT2D eigenvalue weighted by Crippen LogP contribution is 2.38. The molecule has 0 saturated heterocycles. The van der Waals surface area contributed by atoms with Gasteiger partial charge in [-0.15, -0.1) is 0 Å². The van der Waals surface area contributed by atoms with Gasteiger partial charge in [-0.1, -0.05) is 357 Å². The molecule has 3 atom stereocenters. The Morgan fingerprint density at radius 1 is 0.400 bits per heavy atom. The quantitative estimate of drug-likeness (QED) is 0.0212. The second kappa shape index (κ2) is 69.3. The van der Waals surface area contributed by atoms with Crippen LogP contribution in [0, 0.1) is 0 Å². The molecule has 0 fully saturated rings. The molecule has 1 N–H and O–H groups in total. The van der Waals surface area contributed by atoms with Gasteiger partial charge in [0.15, 0.2) is 0 Å². The first-order chi connectivity index (χ1) is 43.9. The normalized spacial score (nSPS) is 13.8. The van der Waals surface area contributed by atoms with E-state index in [-0.39, 0.29) is 31.5 Å². The fraction of sp³-hybridized carbons (Fsp3) is 0.825. The van der Waals surface area contributed by atoms with Crippen LogP contribution in [0.2, 0.25) is 0 Å². The summed E-state index contributed by atoms with van der Waals surface area (Å²) < 4.78 is 30.5. The Labute approximate surface area is 559 Å². The maximum absolute atomic E-state index is 13.6. The molecular formula is C80H149N2O7P. The number of phosphoric acid groups is 1. The number of rotatable bonds is 71. The molecule has 0 radical (unpaired) electrons. The second-order valence-electron chi connectivity index (χ2n) is 27.5. The first-order valence-electron chi connectivity index (χ1n) is 38.7. The van der Waals surface area contributed by atoms with Crippen LogP contribution < -0.4 is 10.2 Å². The average molecular weight is 1280 g/mol. The number of hydrogen-bond donors (Lipinski definition) is 1. The number of carbonyl (C=O) groups is 2. The molecule has 0 rings (SSSR count). The minimum Gasteiger partial charge on any atom is -0.756 e. The molecule has 526 valence electrons. The highest BCUT2D eigenvalue weighted by atomic mass is 31.2. The van der Waals surface area contributed by atoms with E-state index in [4.69, 9.17) is 13.8 Å². The number of likely N-dealkylation sites (N-methyl/N-ethyl adjacent to an activating group) is 1. The number of allylic oxidation sites excluding steroid dienone is 11. The smallest absolute Gasteiger partial charge is 0.306 e. The molecule has 9 nitrogen and oxygen atoms in total. The van der Waals surface area contributed by atoms with E-state index in [1.807, 2.05) is 33.3 Å². The summed E-state index contributed by atoms with van der Waals surface area (Å²) in [5.74, 6) is -0.528. The number of hydrogen-bond acceptors (Lipinski definition) is 7. The molecule has 0 aliphatic heterocycles. The molecule has 90 heavy (non-hydrogen) atoms. The zero-order valence-electron chi connectivity index (χ0n) is 60.3. The van der Waals surface area contributed by atoms with Gasteiger partial charge in [-0.2, -0.15) is 0 Å². The molecule has 0 aliphatic carbocycles. The lowest BCUT2D eigenvalue weighted by molar-refractivity contribution is -0.870. The topological polar surface area (TPSA) is 114 Å². The van der Waals surface area contributed by atoms with Crippen molar-refractivity contribution in [3.05, 3.63) is 72.9 Å². The van der Waals surface area contributed by atoms with Gasteiger partial charge in [0.2, 0.25) is 5.91 Å². The van der Waals surface area contributed by atoms with Crippen molar-refractivity contribution in [2.45, 2.75) is 386 Å². The number of nitrogens with zero attached hydrogens (tertiary/aromatic N) is 1. The standard InChI is InChI=1S/C80H149N2O7P/c1-7-10-13-16-19-22-25-28-30-32-34-36-38-40-41-43-44-46-48-50-52-54-57-60-63-66-69-72-79(83)81-77(76-88-90(85,86)87-75-74-82(4,5)6)78(71-68-65-62-59-56-27-24-21-18-15-12-9-3)89-80(84)73-70-67-64-61-58-55-53-51-49-47-45-42-39-37-35-33-31-29-26-23-20-17-14-11-8-2/h10,13,19,22,28,30,34,36,40-41,68,71,77-78H,7-9,11-12,14-18,20-21,23-27,29,31-33,35,37-39,42-67,69-70,72-76H2,1-6H3,(H-,81,83,85,86)/b13-10-,22-19-,30-28-,36-34-,41-40-,71-68+. The predicted octanol–water partition coefficient (Wildman–Crippen LogP) is 24.4. The van der Waals surface area contributed by atoms with Crippen LogP contribution in [0.15, 0.2) is 72.9 Å². The highest BCUT2D eigenvalue weighted by Gasteiger charge is 2.27. The minimum atomic E-state index is -4.71. The number of ether oxygens (including phenoxy) is 1. The largest absolute Gasteiger partial charge is 0.756 e. The van der Waals surface area contributed by atoms with Crippen LogP contribution in [-0.4, -0.2) is 69.4 Å². The monoisotopic (exact) mass is 1280 g/mol. The van der Waals surface area contributed by atoms with Crippen molar-refractivity contribution in [1.82, 2.24) is 5.32 Å². The Morgan fingerprint density at radius 3 is 1.07 bits per heavy atom. The third-order valence-corrected chi connectivity index (χ3v) is 18.4. The first kappa shape index (κ1) is 87.5. The van der Waals surface area contributed by atoms with Crippen molar-refractivity contribution in [2.24, 2.45) is 0 Å². The lowest BCUT2D eigenvalue weighted by Gasteiger charge is -2.30. The van der Waals surface area contributed by atoms with E-state index in [0.717, 1.165) is 96.3 Å². The predicted molar refractivity (Wildman–Crippen MR) is 390 cm³/mol. The Morgan fingerprint density at radius 2 is 0.711 bits per heavy atom. The van der Waals surface area contributed by atoms with Crippen LogP contribution >= 0.6 is 7.82 Å². The zero-order chi connectivity index (χ0) is 65.6. The fourth-order valence-electron chi connectivity index (χ4n) is 11.5. The van der Waals surface area contributed by atoms with Gasteiger partial charge in [0.1, 0.15) is 19.3 Å². The van der Waals surface area contributed by atoms with E-state index in [9.17, 15) is 19.0 Å². The minimum absolute atomic E-state index is 0.0227. The van der Waals surface area contributed by atoms with Crippen LogP contribution in [-0.2, 0) is 27.9 Å². The van der Waals surface area contributed by atoms with Crippen LogP contribution in [0.4, 0.5) is 0 Å². The maximum Gasteiger partial charge on any atom is 0.306 e. The number of esters is 1. The molecule has 0 bridgehead atoms. The van der Waals surface area contributed by atoms with Crippen LogP contribution in [0.25, 0.3) is 0 Å². The first-order valence-corrected chi connectivity index (χ1v) is 40.2. The summed E-state index contributed by atoms with van der Waals surface area (Å²) in [5, 5.41) is 3.05. The van der Waals surface area contributed by atoms with Gasteiger partial charge in [0.25, 0.3) is 7.82 Å². The molecule has 10 heteroatoms. The summed E-state index contributed by atoms with van der Waals surface area (Å²) in [6.45, 7) is 6.78. The van der Waals surface area contributed by atoms with Gasteiger partial charge in [0.05, 0.1) is 33.8 Å². The van der Waals surface area contributed by atoms with Crippen molar-refractivity contribution >= 4 is 19.7 Å². The van der Waals surface area contributed by atoms with E-state index in [2.05, 4.69) is 86.8 Å². The van der Waals surface area contributed by atoms with E-state index in [0.29, 0.717) is 17.4 Å². The lowest BCUT2D eigenvalue weighted by Crippen LogP contribution is -2.47. The van der Waals surface area contributed by atoms with Crippen molar-refractivity contribution in [2.75, 3.05) is 40.9 Å². The second-order valence-corrected chi connectivity index (χ2v) is 28.9. The number of nitrogens with one attached hydrogen (secondary N) is 1. The molecule has 0 heterocycles. The number of amides is 1. The van der Waals surface area contributed by atoms with Gasteiger partial charge in [-0.3, -0.25) is 14.2 Å². The number of carbonyl (C=O) groups excluding carboxylic acids is 2. The van der Waals surface area contributed by atoms with Crippen molar-refractivity contribution in [3.63, 3.8) is 0 Å². The molecule has 0 spiro atoms. The Kier molecular flexibility index (Phi) is 67.3. The number of unbranched alkanes of at least 4 members (excludes halogenated alkanes) is 45. The summed E-state index contributed by atoms with van der Waals surface area (Å²) in [7, 11) is 1.19. The van der Waals surface area contributed by atoms with Crippen molar-refractivity contribution in [1.29, 1.82) is 0 Å². The van der Waals surface area contributed by atoms with Gasteiger partial charge >= 0.3 is 5.97 Å². The average Bonchev–Trinajstić information content (AvgIpc) is 3.04. The van der Waals surface area contributed by atoms with E-state index < -0.39 is 20.0 Å². The van der Waals surface area contributed by atoms with E-state index in [1.54, 1.807) is 0 Å². The van der Waals surface area contributed by atoms with Gasteiger partial charge in [0, 0.05) is 12.8 Å². The zero-order valence-corrected chi connectivity index (χ0v) is 61.2. The van der Waals surface area contributed by atoms with Gasteiger partial charge in [-0.25, -0.2) is 0 Å². The SMILES string of the molecule is CC/C=C\C/C=C\C/C=C\C/C=C\C/C=C\CCCCCCCCCCCCCC(=O)NC(COP(=O)([O-])OCC[N+](C)(C)C)C(/C=C/CCCCCCCCCCCC)OC(=O)CCCCCCCCCCCCCCCCCCCCCCCCCCC. The maximum atomic E-state index is 13.6. The Hall–Kier alpha value is -2.55. The summed E-state index contributed by atoms with van der Waals surface area (Å²) in [5.41, 5.74) is 0. The Bertz CT molecular complexity index is 1770.